The Morgan fingerprint density at radius 3 is 2.73 bits per heavy atom. The highest BCUT2D eigenvalue weighted by Crippen LogP contribution is 2.19. The molecule has 0 aromatic carbocycles. The van der Waals surface area contributed by atoms with Gasteiger partial charge in [0.05, 0.1) is 0 Å². The molecule has 0 radical (unpaired) electrons. The molecule has 0 aromatic rings. The van der Waals surface area contributed by atoms with Crippen molar-refractivity contribution in [3.05, 3.63) is 0 Å². The van der Waals surface area contributed by atoms with Crippen LogP contribution in [-0.4, -0.2) is 31.3 Å². The smallest absolute Gasteiger partial charge is 0.0469 e. The van der Waals surface area contributed by atoms with E-state index in [1.165, 1.54) is 0 Å². The zero-order valence-corrected chi connectivity index (χ0v) is 7.90. The average molecular weight is 175 g/mol. The first-order valence-electron chi connectivity index (χ1n) is 4.17. The predicted octanol–water partition coefficient (Wildman–Crippen LogP) is 1.10. The molecule has 0 saturated carbocycles. The van der Waals surface area contributed by atoms with Gasteiger partial charge in [-0.25, -0.2) is 0 Å². The number of thioether (sulfide) groups is 1. The van der Waals surface area contributed by atoms with Crippen molar-refractivity contribution in [2.24, 2.45) is 11.7 Å². The van der Waals surface area contributed by atoms with E-state index < -0.39 is 0 Å². The van der Waals surface area contributed by atoms with Crippen LogP contribution in [0.4, 0.5) is 0 Å². The lowest BCUT2D eigenvalue weighted by atomic mass is 9.94. The Morgan fingerprint density at radius 1 is 1.55 bits per heavy atom. The Morgan fingerprint density at radius 2 is 2.18 bits per heavy atom. The first-order chi connectivity index (χ1) is 5.34. The lowest BCUT2D eigenvalue weighted by molar-refractivity contribution is 0.0608. The molecule has 3 heteroatoms. The highest BCUT2D eigenvalue weighted by Gasteiger charge is 2.19. The molecule has 1 atom stereocenters. The molecule has 1 rings (SSSR count). The van der Waals surface area contributed by atoms with Crippen molar-refractivity contribution in [3.63, 3.8) is 0 Å². The highest BCUT2D eigenvalue weighted by atomic mass is 32.2. The molecule has 0 aromatic heterocycles. The Hall–Kier alpha value is 0.270. The van der Waals surface area contributed by atoms with Crippen molar-refractivity contribution in [1.29, 1.82) is 0 Å². The van der Waals surface area contributed by atoms with Gasteiger partial charge in [-0.15, -0.1) is 0 Å². The molecule has 1 heterocycles. The second kappa shape index (κ2) is 5.01. The van der Waals surface area contributed by atoms with Gasteiger partial charge < -0.3 is 10.5 Å². The van der Waals surface area contributed by atoms with Crippen molar-refractivity contribution in [2.45, 2.75) is 18.9 Å². The minimum atomic E-state index is 0.383. The SMILES string of the molecule is CSCC(N)C1CCOCC1. The van der Waals surface area contributed by atoms with E-state index in [1.807, 2.05) is 11.8 Å². The molecule has 0 bridgehead atoms. The summed E-state index contributed by atoms with van der Waals surface area (Å²) < 4.78 is 5.27. The van der Waals surface area contributed by atoms with Gasteiger partial charge in [-0.05, 0) is 25.0 Å². The summed E-state index contributed by atoms with van der Waals surface area (Å²) in [6.07, 6.45) is 4.42. The first kappa shape index (κ1) is 9.36. The minimum absolute atomic E-state index is 0.383. The molecule has 1 aliphatic heterocycles. The lowest BCUT2D eigenvalue weighted by Gasteiger charge is -2.26. The zero-order valence-electron chi connectivity index (χ0n) is 7.08. The summed E-state index contributed by atoms with van der Waals surface area (Å²) in [5.74, 6) is 1.79. The Kier molecular flexibility index (Phi) is 4.26. The molecule has 2 N–H and O–H groups in total. The predicted molar refractivity (Wildman–Crippen MR) is 49.9 cm³/mol. The van der Waals surface area contributed by atoms with E-state index in [4.69, 9.17) is 10.5 Å². The summed E-state index contributed by atoms with van der Waals surface area (Å²) in [6.45, 7) is 1.82. The molecule has 1 fully saturated rings. The van der Waals surface area contributed by atoms with Crippen LogP contribution in [0.1, 0.15) is 12.8 Å². The molecule has 1 saturated heterocycles. The Labute approximate surface area is 72.9 Å². The van der Waals surface area contributed by atoms with Gasteiger partial charge in [0, 0.05) is 25.0 Å². The van der Waals surface area contributed by atoms with Gasteiger partial charge in [0.2, 0.25) is 0 Å². The molecule has 1 unspecified atom stereocenters. The second-order valence-corrected chi connectivity index (χ2v) is 3.98. The van der Waals surface area contributed by atoms with Crippen LogP contribution in [-0.2, 0) is 4.74 Å². The number of hydrogen-bond acceptors (Lipinski definition) is 3. The van der Waals surface area contributed by atoms with Crippen LogP contribution in [0.15, 0.2) is 0 Å². The van der Waals surface area contributed by atoms with E-state index in [2.05, 4.69) is 6.26 Å². The topological polar surface area (TPSA) is 35.2 Å². The maximum Gasteiger partial charge on any atom is 0.0469 e. The fraction of sp³-hybridized carbons (Fsp3) is 1.00. The molecule has 0 aliphatic carbocycles. The molecular weight excluding hydrogens is 158 g/mol. The molecular formula is C8H17NOS. The van der Waals surface area contributed by atoms with Gasteiger partial charge in [0.25, 0.3) is 0 Å². The summed E-state index contributed by atoms with van der Waals surface area (Å²) in [4.78, 5) is 0. The van der Waals surface area contributed by atoms with E-state index in [0.29, 0.717) is 12.0 Å². The highest BCUT2D eigenvalue weighted by molar-refractivity contribution is 7.98. The van der Waals surface area contributed by atoms with Crippen molar-refractivity contribution in [2.75, 3.05) is 25.2 Å². The number of nitrogens with two attached hydrogens (primary N) is 1. The molecule has 2 nitrogen and oxygen atoms in total. The van der Waals surface area contributed by atoms with Crippen LogP contribution in [0.2, 0.25) is 0 Å². The standard InChI is InChI=1S/C8H17NOS/c1-11-6-8(9)7-2-4-10-5-3-7/h7-8H,2-6,9H2,1H3. The quantitative estimate of drug-likeness (QED) is 0.697. The van der Waals surface area contributed by atoms with E-state index in [9.17, 15) is 0 Å². The van der Waals surface area contributed by atoms with Crippen LogP contribution in [0.3, 0.4) is 0 Å². The number of rotatable bonds is 3. The Balaban J connectivity index is 2.21. The molecule has 66 valence electrons. The normalized spacial score (nSPS) is 23.5. The van der Waals surface area contributed by atoms with E-state index in [1.54, 1.807) is 0 Å². The van der Waals surface area contributed by atoms with E-state index in [-0.39, 0.29) is 0 Å². The van der Waals surface area contributed by atoms with Crippen molar-refractivity contribution < 1.29 is 4.74 Å². The van der Waals surface area contributed by atoms with Gasteiger partial charge >= 0.3 is 0 Å². The third kappa shape index (κ3) is 3.01. The number of ether oxygens (including phenoxy) is 1. The molecule has 1 aliphatic rings. The van der Waals surface area contributed by atoms with E-state index in [0.717, 1.165) is 31.8 Å². The Bertz CT molecular complexity index is 104. The third-order valence-electron chi connectivity index (χ3n) is 2.23. The average Bonchev–Trinajstić information content (AvgIpc) is 2.07. The lowest BCUT2D eigenvalue weighted by Crippen LogP contribution is -2.36. The van der Waals surface area contributed by atoms with Gasteiger partial charge in [0.15, 0.2) is 0 Å². The van der Waals surface area contributed by atoms with Gasteiger partial charge in [-0.2, -0.15) is 11.8 Å². The molecule has 0 spiro atoms. The maximum atomic E-state index is 5.98. The fourth-order valence-corrected chi connectivity index (χ4v) is 2.13. The summed E-state index contributed by atoms with van der Waals surface area (Å²) in [5, 5.41) is 0. The maximum absolute atomic E-state index is 5.98. The molecule has 0 amide bonds. The second-order valence-electron chi connectivity index (χ2n) is 3.07. The van der Waals surface area contributed by atoms with Crippen molar-refractivity contribution >= 4 is 11.8 Å². The number of hydrogen-bond donors (Lipinski definition) is 1. The molecule has 11 heavy (non-hydrogen) atoms. The van der Waals surface area contributed by atoms with Crippen LogP contribution in [0, 0.1) is 5.92 Å². The van der Waals surface area contributed by atoms with Crippen LogP contribution >= 0.6 is 11.8 Å². The monoisotopic (exact) mass is 175 g/mol. The largest absolute Gasteiger partial charge is 0.381 e. The van der Waals surface area contributed by atoms with Crippen molar-refractivity contribution in [1.82, 2.24) is 0 Å². The van der Waals surface area contributed by atoms with Crippen LogP contribution < -0.4 is 5.73 Å². The first-order valence-corrected chi connectivity index (χ1v) is 5.56. The van der Waals surface area contributed by atoms with Gasteiger partial charge in [-0.3, -0.25) is 0 Å². The summed E-state index contributed by atoms with van der Waals surface area (Å²) in [5.41, 5.74) is 5.98. The van der Waals surface area contributed by atoms with Gasteiger partial charge in [-0.1, -0.05) is 0 Å². The van der Waals surface area contributed by atoms with Crippen LogP contribution in [0.25, 0.3) is 0 Å². The summed E-state index contributed by atoms with van der Waals surface area (Å²) in [6, 6.07) is 0.383. The van der Waals surface area contributed by atoms with Crippen LogP contribution in [0.5, 0.6) is 0 Å². The summed E-state index contributed by atoms with van der Waals surface area (Å²) >= 11 is 1.84. The minimum Gasteiger partial charge on any atom is -0.381 e. The zero-order chi connectivity index (χ0) is 8.10. The van der Waals surface area contributed by atoms with Gasteiger partial charge in [0.1, 0.15) is 0 Å². The van der Waals surface area contributed by atoms with Crippen molar-refractivity contribution in [3.8, 4) is 0 Å². The summed E-state index contributed by atoms with van der Waals surface area (Å²) in [7, 11) is 0. The fourth-order valence-electron chi connectivity index (χ4n) is 1.47. The van der Waals surface area contributed by atoms with E-state index >= 15 is 0 Å². The third-order valence-corrected chi connectivity index (χ3v) is 2.95.